The Morgan fingerprint density at radius 1 is 1.12 bits per heavy atom. The van der Waals surface area contributed by atoms with Gasteiger partial charge in [0.2, 0.25) is 5.91 Å². The lowest BCUT2D eigenvalue weighted by atomic mass is 10.0. The van der Waals surface area contributed by atoms with Crippen molar-refractivity contribution in [3.05, 3.63) is 71.4 Å². The Kier molecular flexibility index (Phi) is 6.87. The van der Waals surface area contributed by atoms with E-state index in [-0.39, 0.29) is 18.5 Å². The molecule has 1 N–H and O–H groups in total. The molecule has 2 heterocycles. The zero-order valence-corrected chi connectivity index (χ0v) is 18.5. The predicted molar refractivity (Wildman–Crippen MR) is 123 cm³/mol. The molecular formula is C25H29N3O4. The molecule has 32 heavy (non-hydrogen) atoms. The van der Waals surface area contributed by atoms with Gasteiger partial charge >= 0.3 is 5.97 Å². The summed E-state index contributed by atoms with van der Waals surface area (Å²) in [5.74, 6) is -0.514. The molecule has 0 bridgehead atoms. The molecule has 0 unspecified atom stereocenters. The van der Waals surface area contributed by atoms with Crippen LogP contribution in [0.25, 0.3) is 10.9 Å². The molecule has 2 aromatic carbocycles. The molecule has 1 saturated heterocycles. The number of carbonyl (C=O) groups excluding carboxylic acids is 2. The Balaban J connectivity index is 1.50. The van der Waals surface area contributed by atoms with Crippen molar-refractivity contribution in [2.45, 2.75) is 19.5 Å². The Bertz CT molecular complexity index is 1100. The van der Waals surface area contributed by atoms with Crippen LogP contribution in [0.5, 0.6) is 0 Å². The zero-order chi connectivity index (χ0) is 22.5. The first kappa shape index (κ1) is 22.0. The third-order valence-electron chi connectivity index (χ3n) is 5.91. The fourth-order valence-electron chi connectivity index (χ4n) is 4.30. The molecule has 1 aliphatic heterocycles. The van der Waals surface area contributed by atoms with Crippen LogP contribution in [0.2, 0.25) is 0 Å². The maximum absolute atomic E-state index is 12.9. The number of nitrogens with zero attached hydrogens (tertiary/aromatic N) is 2. The van der Waals surface area contributed by atoms with Crippen LogP contribution in [0.15, 0.2) is 54.7 Å². The topological polar surface area (TPSA) is 72.8 Å². The number of rotatable bonds is 7. The number of esters is 1. The average molecular weight is 436 g/mol. The minimum atomic E-state index is -0.410. The van der Waals surface area contributed by atoms with Crippen LogP contribution in [0.3, 0.4) is 0 Å². The molecule has 0 radical (unpaired) electrons. The van der Waals surface area contributed by atoms with Crippen LogP contribution in [-0.4, -0.2) is 61.3 Å². The number of aryl methyl sites for hydroxylation is 1. The zero-order valence-electron chi connectivity index (χ0n) is 18.5. The first-order valence-corrected chi connectivity index (χ1v) is 10.9. The van der Waals surface area contributed by atoms with Crippen LogP contribution < -0.4 is 5.32 Å². The highest BCUT2D eigenvalue weighted by Crippen LogP contribution is 2.23. The van der Waals surface area contributed by atoms with Crippen LogP contribution in [0.1, 0.15) is 27.5 Å². The Morgan fingerprint density at radius 3 is 2.66 bits per heavy atom. The van der Waals surface area contributed by atoms with Gasteiger partial charge in [-0.3, -0.25) is 9.69 Å². The fourth-order valence-corrected chi connectivity index (χ4v) is 4.30. The lowest BCUT2D eigenvalue weighted by molar-refractivity contribution is -0.122. The quantitative estimate of drug-likeness (QED) is 0.578. The lowest BCUT2D eigenvalue weighted by Crippen LogP contribution is -2.44. The number of nitrogens with one attached hydrogen (secondary N) is 1. The van der Waals surface area contributed by atoms with Crippen molar-refractivity contribution in [2.75, 3.05) is 40.0 Å². The van der Waals surface area contributed by atoms with Crippen molar-refractivity contribution in [2.24, 2.45) is 0 Å². The highest BCUT2D eigenvalue weighted by Gasteiger charge is 2.24. The fraction of sp³-hybridized carbons (Fsp3) is 0.360. The Hall–Kier alpha value is -3.16. The number of benzene rings is 2. The van der Waals surface area contributed by atoms with Gasteiger partial charge in [-0.2, -0.15) is 0 Å². The van der Waals surface area contributed by atoms with E-state index in [1.54, 1.807) is 10.8 Å². The van der Waals surface area contributed by atoms with Gasteiger partial charge in [-0.15, -0.1) is 0 Å². The molecule has 1 fully saturated rings. The molecule has 7 nitrogen and oxygen atoms in total. The van der Waals surface area contributed by atoms with Crippen molar-refractivity contribution in [1.82, 2.24) is 14.8 Å². The third kappa shape index (κ3) is 4.84. The number of ether oxygens (including phenoxy) is 2. The van der Waals surface area contributed by atoms with E-state index in [1.807, 2.05) is 24.3 Å². The van der Waals surface area contributed by atoms with E-state index in [9.17, 15) is 9.59 Å². The Labute approximate surface area is 187 Å². The minimum Gasteiger partial charge on any atom is -0.465 e. The number of morpholine rings is 1. The predicted octanol–water partition coefficient (Wildman–Crippen LogP) is 2.93. The molecule has 0 spiro atoms. The molecule has 168 valence electrons. The SMILES string of the molecule is COC(=O)c1cn(CC(=O)NC[C@H](c2cccc(C)c2)N2CCOCC2)c2ccccc12. The summed E-state index contributed by atoms with van der Waals surface area (Å²) in [6.07, 6.45) is 1.69. The molecular weight excluding hydrogens is 406 g/mol. The summed E-state index contributed by atoms with van der Waals surface area (Å²) in [5.41, 5.74) is 3.67. The molecule has 3 aromatic rings. The maximum Gasteiger partial charge on any atom is 0.340 e. The molecule has 0 aliphatic carbocycles. The second-order valence-electron chi connectivity index (χ2n) is 8.06. The second-order valence-corrected chi connectivity index (χ2v) is 8.06. The van der Waals surface area contributed by atoms with Gasteiger partial charge in [0.15, 0.2) is 0 Å². The molecule has 1 aliphatic rings. The summed E-state index contributed by atoms with van der Waals surface area (Å²) < 4.78 is 12.2. The first-order chi connectivity index (χ1) is 15.6. The van der Waals surface area contributed by atoms with Gasteiger partial charge in [0.1, 0.15) is 6.54 Å². The molecule has 1 aromatic heterocycles. The summed E-state index contributed by atoms with van der Waals surface area (Å²) in [4.78, 5) is 27.4. The number of fused-ring (bicyclic) bond motifs is 1. The van der Waals surface area contributed by atoms with Gasteiger partial charge in [-0.25, -0.2) is 4.79 Å². The van der Waals surface area contributed by atoms with Crippen LogP contribution in [-0.2, 0) is 20.8 Å². The van der Waals surface area contributed by atoms with Crippen molar-refractivity contribution >= 4 is 22.8 Å². The molecule has 1 atom stereocenters. The van der Waals surface area contributed by atoms with Gasteiger partial charge in [-0.1, -0.05) is 48.0 Å². The number of para-hydroxylation sites is 1. The third-order valence-corrected chi connectivity index (χ3v) is 5.91. The van der Waals surface area contributed by atoms with Gasteiger partial charge in [0.25, 0.3) is 0 Å². The van der Waals surface area contributed by atoms with E-state index in [4.69, 9.17) is 9.47 Å². The summed E-state index contributed by atoms with van der Waals surface area (Å²) in [5, 5.41) is 3.88. The number of aromatic nitrogens is 1. The highest BCUT2D eigenvalue weighted by molar-refractivity contribution is 6.04. The second kappa shape index (κ2) is 9.97. The highest BCUT2D eigenvalue weighted by atomic mass is 16.5. The van der Waals surface area contributed by atoms with Gasteiger partial charge < -0.3 is 19.4 Å². The molecule has 1 amide bonds. The van der Waals surface area contributed by atoms with Crippen molar-refractivity contribution in [3.8, 4) is 0 Å². The van der Waals surface area contributed by atoms with E-state index in [2.05, 4.69) is 41.4 Å². The standard InChI is InChI=1S/C25H29N3O4/c1-18-6-5-7-19(14-18)23(27-10-12-32-13-11-27)15-26-24(29)17-28-16-21(25(30)31-2)20-8-3-4-9-22(20)28/h3-9,14,16,23H,10-13,15,17H2,1-2H3,(H,26,29)/t23-/m1/s1. The van der Waals surface area contributed by atoms with Crippen molar-refractivity contribution < 1.29 is 19.1 Å². The van der Waals surface area contributed by atoms with Gasteiger partial charge in [0, 0.05) is 36.7 Å². The average Bonchev–Trinajstić information content (AvgIpc) is 3.18. The number of hydrogen-bond acceptors (Lipinski definition) is 5. The summed E-state index contributed by atoms with van der Waals surface area (Å²) >= 11 is 0. The Morgan fingerprint density at radius 2 is 1.91 bits per heavy atom. The van der Waals surface area contributed by atoms with E-state index in [1.165, 1.54) is 18.2 Å². The van der Waals surface area contributed by atoms with Crippen LogP contribution in [0, 0.1) is 6.92 Å². The monoisotopic (exact) mass is 435 g/mol. The van der Waals surface area contributed by atoms with Crippen LogP contribution in [0.4, 0.5) is 0 Å². The largest absolute Gasteiger partial charge is 0.465 e. The van der Waals surface area contributed by atoms with Gasteiger partial charge in [0.05, 0.1) is 31.9 Å². The van der Waals surface area contributed by atoms with Crippen LogP contribution >= 0.6 is 0 Å². The summed E-state index contributed by atoms with van der Waals surface area (Å²) in [6.45, 7) is 5.77. The molecule has 4 rings (SSSR count). The number of carbonyl (C=O) groups is 2. The molecule has 0 saturated carbocycles. The van der Waals surface area contributed by atoms with E-state index < -0.39 is 5.97 Å². The lowest BCUT2D eigenvalue weighted by Gasteiger charge is -2.35. The van der Waals surface area contributed by atoms with E-state index in [0.717, 1.165) is 24.0 Å². The van der Waals surface area contributed by atoms with E-state index >= 15 is 0 Å². The first-order valence-electron chi connectivity index (χ1n) is 10.9. The number of methoxy groups -OCH3 is 1. The van der Waals surface area contributed by atoms with Gasteiger partial charge in [-0.05, 0) is 18.6 Å². The van der Waals surface area contributed by atoms with Crippen molar-refractivity contribution in [3.63, 3.8) is 0 Å². The number of amides is 1. The summed E-state index contributed by atoms with van der Waals surface area (Å²) in [7, 11) is 1.36. The normalized spacial score (nSPS) is 15.4. The number of hydrogen-bond donors (Lipinski definition) is 1. The molecule has 7 heteroatoms. The maximum atomic E-state index is 12.9. The summed E-state index contributed by atoms with van der Waals surface area (Å²) in [6, 6.07) is 16.0. The minimum absolute atomic E-state index is 0.0785. The smallest absolute Gasteiger partial charge is 0.340 e. The van der Waals surface area contributed by atoms with Crippen molar-refractivity contribution in [1.29, 1.82) is 0 Å². The van der Waals surface area contributed by atoms with E-state index in [0.29, 0.717) is 25.3 Å².